The number of nitrogens with two attached hydrogens (primary N) is 2. The van der Waals surface area contributed by atoms with Gasteiger partial charge in [0, 0.05) is 12.7 Å². The first-order chi connectivity index (χ1) is 15.7. The summed E-state index contributed by atoms with van der Waals surface area (Å²) in [6, 6.07) is 0.329. The normalized spacial score (nSPS) is 24.9. The second-order valence-corrected chi connectivity index (χ2v) is 9.72. The molecule has 2 heterocycles. The fourth-order valence-electron chi connectivity index (χ4n) is 3.07. The topological polar surface area (TPSA) is 282 Å². The van der Waals surface area contributed by atoms with Crippen molar-refractivity contribution in [3.63, 3.8) is 0 Å². The van der Waals surface area contributed by atoms with E-state index in [4.69, 9.17) is 40.9 Å². The summed E-state index contributed by atoms with van der Waals surface area (Å²) < 4.78 is 38.0. The number of phosphoric acid groups is 2. The van der Waals surface area contributed by atoms with Gasteiger partial charge in [0.2, 0.25) is 5.62 Å². The third-order valence-corrected chi connectivity index (χ3v) is 5.61. The maximum absolute atomic E-state index is 11.3. The first kappa shape index (κ1) is 28.5. The van der Waals surface area contributed by atoms with E-state index in [0.717, 1.165) is 0 Å². The molecule has 0 aliphatic carbocycles. The van der Waals surface area contributed by atoms with Crippen LogP contribution in [0.1, 0.15) is 25.5 Å². The van der Waals surface area contributed by atoms with Crippen LogP contribution in [0.3, 0.4) is 0 Å². The lowest BCUT2D eigenvalue weighted by Gasteiger charge is -2.21. The molecule has 194 valence electrons. The van der Waals surface area contributed by atoms with Crippen molar-refractivity contribution in [2.24, 2.45) is 10.7 Å². The van der Waals surface area contributed by atoms with Crippen molar-refractivity contribution in [2.75, 3.05) is 18.9 Å². The number of carboxylic acid groups (broad SMARTS) is 1. The molecular formula is C15H27N5O12P2. The van der Waals surface area contributed by atoms with Crippen LogP contribution < -0.4 is 17.1 Å². The van der Waals surface area contributed by atoms with Gasteiger partial charge >= 0.3 is 21.6 Å². The molecule has 0 radical (unpaired) electrons. The van der Waals surface area contributed by atoms with Crippen LogP contribution in [0, 0.1) is 0 Å². The fourth-order valence-corrected chi connectivity index (χ4v) is 3.99. The fraction of sp³-hybridized carbons (Fsp3) is 0.667. The lowest BCUT2D eigenvalue weighted by Crippen LogP contribution is -2.38. The van der Waals surface area contributed by atoms with Gasteiger partial charge < -0.3 is 46.0 Å². The Morgan fingerprint density at radius 2 is 1.94 bits per heavy atom. The van der Waals surface area contributed by atoms with Crippen LogP contribution >= 0.6 is 15.6 Å². The van der Waals surface area contributed by atoms with E-state index in [1.165, 1.54) is 16.8 Å². The Morgan fingerprint density at radius 3 is 2.53 bits per heavy atom. The van der Waals surface area contributed by atoms with E-state index in [9.17, 15) is 19.0 Å². The molecule has 0 spiro atoms. The van der Waals surface area contributed by atoms with E-state index in [2.05, 4.69) is 19.0 Å². The minimum atomic E-state index is -5.14. The third-order valence-electron chi connectivity index (χ3n) is 4.61. The summed E-state index contributed by atoms with van der Waals surface area (Å²) in [5.74, 6) is -1.07. The Kier molecular flexibility index (Phi) is 9.88. The highest BCUT2D eigenvalue weighted by atomic mass is 31.2. The summed E-state index contributed by atoms with van der Waals surface area (Å²) >= 11 is 0. The molecule has 0 amide bonds. The van der Waals surface area contributed by atoms with Crippen molar-refractivity contribution in [1.82, 2.24) is 9.55 Å². The Labute approximate surface area is 192 Å². The van der Waals surface area contributed by atoms with Gasteiger partial charge in [-0.05, 0) is 25.3 Å². The standard InChI is InChI=1S/C15H27N5O12P2/c16-8(14(22)23)3-1-2-5-18-15-19-10(17)4-6-20(15)13-11(21)12(32-34(27,28)29)9(31-13)7-30-33(24,25)26/h4,6,8-9,11-13,21H,1-3,5,7,16H2,(H,22,23)(H2,17,18,19)(H2,24,25,26)(H2,27,28,29)/t8-,9?,11+,12+,13+/m0/s1. The Bertz CT molecular complexity index is 1010. The van der Waals surface area contributed by atoms with Crippen LogP contribution in [0.2, 0.25) is 0 Å². The number of aliphatic hydroxyl groups excluding tert-OH is 1. The predicted octanol–water partition coefficient (Wildman–Crippen LogP) is -2.21. The molecule has 1 aromatic heterocycles. The molecule has 1 unspecified atom stereocenters. The lowest BCUT2D eigenvalue weighted by atomic mass is 10.1. The van der Waals surface area contributed by atoms with E-state index in [1.54, 1.807) is 0 Å². The van der Waals surface area contributed by atoms with Crippen LogP contribution in [0.5, 0.6) is 0 Å². The van der Waals surface area contributed by atoms with Gasteiger partial charge in [-0.15, -0.1) is 0 Å². The molecule has 10 N–H and O–H groups in total. The first-order valence-corrected chi connectivity index (χ1v) is 12.8. The molecule has 19 heteroatoms. The number of hydrogen-bond donors (Lipinski definition) is 8. The zero-order valence-electron chi connectivity index (χ0n) is 17.6. The first-order valence-electron chi connectivity index (χ1n) is 9.79. The van der Waals surface area contributed by atoms with Crippen LogP contribution in [-0.2, 0) is 27.7 Å². The Hall–Kier alpha value is -1.75. The zero-order chi connectivity index (χ0) is 25.7. The number of carboxylic acids is 1. The zero-order valence-corrected chi connectivity index (χ0v) is 19.4. The Balaban J connectivity index is 2.24. The van der Waals surface area contributed by atoms with Crippen LogP contribution in [0.15, 0.2) is 17.3 Å². The monoisotopic (exact) mass is 531 g/mol. The van der Waals surface area contributed by atoms with E-state index in [1.807, 2.05) is 0 Å². The smallest absolute Gasteiger partial charge is 0.470 e. The number of nitrogen functional groups attached to an aromatic ring is 1. The number of ether oxygens (including phenoxy) is 1. The molecule has 2 rings (SSSR count). The maximum atomic E-state index is 11.3. The second kappa shape index (κ2) is 11.8. The maximum Gasteiger partial charge on any atom is 0.470 e. The third kappa shape index (κ3) is 8.79. The molecule has 1 aromatic rings. The molecule has 1 aliphatic rings. The van der Waals surface area contributed by atoms with Crippen molar-refractivity contribution in [2.45, 2.75) is 49.8 Å². The lowest BCUT2D eigenvalue weighted by molar-refractivity contribution is -0.138. The molecule has 5 atom stereocenters. The van der Waals surface area contributed by atoms with E-state index in [0.29, 0.717) is 12.8 Å². The van der Waals surface area contributed by atoms with Gasteiger partial charge in [-0.3, -0.25) is 23.4 Å². The highest BCUT2D eigenvalue weighted by Crippen LogP contribution is 2.45. The van der Waals surface area contributed by atoms with Crippen LogP contribution in [0.25, 0.3) is 0 Å². The number of nitrogens with zero attached hydrogens (tertiary/aromatic N) is 3. The summed E-state index contributed by atoms with van der Waals surface area (Å²) in [7, 11) is -10.1. The summed E-state index contributed by atoms with van der Waals surface area (Å²) in [6.07, 6.45) is -3.91. The van der Waals surface area contributed by atoms with Crippen molar-refractivity contribution < 1.29 is 57.5 Å². The van der Waals surface area contributed by atoms with Crippen molar-refractivity contribution in [3.8, 4) is 0 Å². The van der Waals surface area contributed by atoms with Gasteiger partial charge in [-0.25, -0.2) is 9.13 Å². The number of unbranched alkanes of at least 4 members (excludes halogenated alkanes) is 1. The van der Waals surface area contributed by atoms with Crippen molar-refractivity contribution in [1.29, 1.82) is 0 Å². The van der Waals surface area contributed by atoms with Gasteiger partial charge in [0.25, 0.3) is 0 Å². The van der Waals surface area contributed by atoms with E-state index >= 15 is 0 Å². The van der Waals surface area contributed by atoms with Gasteiger partial charge in [-0.2, -0.15) is 4.98 Å². The van der Waals surface area contributed by atoms with Crippen molar-refractivity contribution in [3.05, 3.63) is 17.9 Å². The summed E-state index contributed by atoms with van der Waals surface area (Å²) in [5.41, 5.74) is 11.1. The van der Waals surface area contributed by atoms with Gasteiger partial charge in [0.1, 0.15) is 30.2 Å². The average Bonchev–Trinajstić information content (AvgIpc) is 2.99. The number of aliphatic carboxylic acids is 1. The summed E-state index contributed by atoms with van der Waals surface area (Å²) in [6.45, 7) is -0.694. The number of aromatic nitrogens is 2. The van der Waals surface area contributed by atoms with Crippen LogP contribution in [-0.4, -0.2) is 82.8 Å². The molecule has 0 aromatic carbocycles. The predicted molar refractivity (Wildman–Crippen MR) is 111 cm³/mol. The minimum absolute atomic E-state index is 0.0435. The molecule has 0 saturated carbocycles. The number of aliphatic hydroxyl groups is 1. The number of rotatable bonds is 12. The minimum Gasteiger partial charge on any atom is -0.480 e. The number of carbonyl (C=O) groups is 1. The molecule has 0 bridgehead atoms. The molecule has 1 fully saturated rings. The largest absolute Gasteiger partial charge is 0.480 e. The molecule has 34 heavy (non-hydrogen) atoms. The van der Waals surface area contributed by atoms with E-state index in [-0.39, 0.29) is 24.4 Å². The SMILES string of the molecule is Nc1ccn([C@@H]2OC(COP(=O)(O)O)[C@@H](OP(=O)(O)O)[C@H]2O)c(=NCCCC[C@H](N)C(=O)O)n1. The highest BCUT2D eigenvalue weighted by molar-refractivity contribution is 7.46. The molecular weight excluding hydrogens is 504 g/mol. The average molecular weight is 531 g/mol. The van der Waals surface area contributed by atoms with E-state index < -0.39 is 58.8 Å². The summed E-state index contributed by atoms with van der Waals surface area (Å²) in [4.78, 5) is 55.2. The quantitative estimate of drug-likeness (QED) is 0.105. The molecule has 1 saturated heterocycles. The van der Waals surface area contributed by atoms with Gasteiger partial charge in [-0.1, -0.05) is 0 Å². The highest BCUT2D eigenvalue weighted by Gasteiger charge is 2.49. The number of anilines is 1. The van der Waals surface area contributed by atoms with Crippen molar-refractivity contribution >= 4 is 27.4 Å². The summed E-state index contributed by atoms with van der Waals surface area (Å²) in [5, 5.41) is 19.4. The molecule has 1 aliphatic heterocycles. The number of hydrogen-bond acceptors (Lipinski definition) is 11. The number of phosphoric ester groups is 2. The van der Waals surface area contributed by atoms with Gasteiger partial charge in [0.15, 0.2) is 6.23 Å². The molecule has 17 nitrogen and oxygen atoms in total. The van der Waals surface area contributed by atoms with Gasteiger partial charge in [0.05, 0.1) is 6.61 Å². The second-order valence-electron chi connectivity index (χ2n) is 7.28. The van der Waals surface area contributed by atoms with Crippen LogP contribution in [0.4, 0.5) is 5.82 Å². The Morgan fingerprint density at radius 1 is 1.26 bits per heavy atom.